The number of tetrazole rings is 1. The number of aromatic nitrogens is 5. The summed E-state index contributed by atoms with van der Waals surface area (Å²) in [6.07, 6.45) is 0. The van der Waals surface area contributed by atoms with Crippen LogP contribution in [0.25, 0.3) is 22.0 Å². The Kier molecular flexibility index (Phi) is 3.84. The van der Waals surface area contributed by atoms with Crippen LogP contribution in [0.2, 0.25) is 0 Å². The first-order valence-corrected chi connectivity index (χ1v) is 8.20. The Morgan fingerprint density at radius 2 is 1.79 bits per heavy atom. The second-order valence-corrected chi connectivity index (χ2v) is 5.99. The second kappa shape index (κ2) is 6.29. The molecule has 118 valence electrons. The van der Waals surface area contributed by atoms with E-state index in [-0.39, 0.29) is 5.82 Å². The van der Waals surface area contributed by atoms with E-state index in [1.165, 1.54) is 22.2 Å². The van der Waals surface area contributed by atoms with Crippen molar-refractivity contribution >= 4 is 11.3 Å². The van der Waals surface area contributed by atoms with Crippen LogP contribution in [-0.2, 0) is 6.54 Å². The van der Waals surface area contributed by atoms with E-state index in [2.05, 4.69) is 20.4 Å². The molecule has 0 bridgehead atoms. The SMILES string of the molecule is Fc1ccccc1-c1nc(Cn2nnc(-c3ccccc3)n2)cs1. The predicted octanol–water partition coefficient (Wildman–Crippen LogP) is 3.65. The first kappa shape index (κ1) is 14.6. The fourth-order valence-corrected chi connectivity index (χ4v) is 3.13. The summed E-state index contributed by atoms with van der Waals surface area (Å²) in [5.74, 6) is 0.295. The summed E-state index contributed by atoms with van der Waals surface area (Å²) in [4.78, 5) is 5.96. The third-order valence-corrected chi connectivity index (χ3v) is 4.37. The minimum absolute atomic E-state index is 0.274. The van der Waals surface area contributed by atoms with Crippen LogP contribution in [0, 0.1) is 5.82 Å². The highest BCUT2D eigenvalue weighted by Gasteiger charge is 2.11. The van der Waals surface area contributed by atoms with Gasteiger partial charge < -0.3 is 0 Å². The van der Waals surface area contributed by atoms with Crippen molar-refractivity contribution in [3.05, 3.63) is 71.5 Å². The number of nitrogens with zero attached hydrogens (tertiary/aromatic N) is 5. The molecule has 0 unspecified atom stereocenters. The summed E-state index contributed by atoms with van der Waals surface area (Å²) in [6, 6.07) is 16.3. The van der Waals surface area contributed by atoms with Gasteiger partial charge in [-0.1, -0.05) is 42.5 Å². The molecule has 0 amide bonds. The summed E-state index contributed by atoms with van der Waals surface area (Å²) < 4.78 is 13.8. The van der Waals surface area contributed by atoms with Gasteiger partial charge in [-0.05, 0) is 17.3 Å². The van der Waals surface area contributed by atoms with E-state index in [1.807, 2.05) is 35.7 Å². The monoisotopic (exact) mass is 337 g/mol. The first-order valence-electron chi connectivity index (χ1n) is 7.32. The molecule has 0 saturated carbocycles. The van der Waals surface area contributed by atoms with Gasteiger partial charge in [0.15, 0.2) is 0 Å². The highest BCUT2D eigenvalue weighted by atomic mass is 32.1. The van der Waals surface area contributed by atoms with E-state index in [1.54, 1.807) is 18.2 Å². The molecule has 2 aromatic heterocycles. The number of rotatable bonds is 4. The molecule has 0 saturated heterocycles. The van der Waals surface area contributed by atoms with Crippen LogP contribution in [-0.4, -0.2) is 25.2 Å². The van der Waals surface area contributed by atoms with Crippen molar-refractivity contribution in [1.29, 1.82) is 0 Å². The summed E-state index contributed by atoms with van der Waals surface area (Å²) in [5, 5.41) is 15.0. The smallest absolute Gasteiger partial charge is 0.204 e. The van der Waals surface area contributed by atoms with Crippen molar-refractivity contribution < 1.29 is 4.39 Å². The van der Waals surface area contributed by atoms with Gasteiger partial charge >= 0.3 is 0 Å². The van der Waals surface area contributed by atoms with Crippen molar-refractivity contribution in [3.8, 4) is 22.0 Å². The number of hydrogen-bond acceptors (Lipinski definition) is 5. The third kappa shape index (κ3) is 2.93. The standard InChI is InChI=1S/C17H12FN5S/c18-15-9-5-4-8-14(15)17-19-13(11-24-17)10-23-21-16(20-22-23)12-6-2-1-3-7-12/h1-9,11H,10H2. The maximum Gasteiger partial charge on any atom is 0.204 e. The van der Waals surface area contributed by atoms with E-state index in [0.717, 1.165) is 11.3 Å². The average Bonchev–Trinajstić information content (AvgIpc) is 3.26. The average molecular weight is 337 g/mol. The molecule has 0 aliphatic heterocycles. The molecule has 2 heterocycles. The Balaban J connectivity index is 1.55. The van der Waals surface area contributed by atoms with E-state index >= 15 is 0 Å². The summed E-state index contributed by atoms with van der Waals surface area (Å²) in [6.45, 7) is 0.394. The van der Waals surface area contributed by atoms with Crippen molar-refractivity contribution in [2.45, 2.75) is 6.54 Å². The molecule has 24 heavy (non-hydrogen) atoms. The van der Waals surface area contributed by atoms with Gasteiger partial charge in [-0.2, -0.15) is 4.80 Å². The summed E-state index contributed by atoms with van der Waals surface area (Å²) in [5.41, 5.74) is 2.19. The number of halogens is 1. The quantitative estimate of drug-likeness (QED) is 0.570. The fourth-order valence-electron chi connectivity index (χ4n) is 2.30. The van der Waals surface area contributed by atoms with Crippen LogP contribution in [0.5, 0.6) is 0 Å². The van der Waals surface area contributed by atoms with Gasteiger partial charge in [-0.3, -0.25) is 0 Å². The topological polar surface area (TPSA) is 56.5 Å². The van der Waals surface area contributed by atoms with Crippen molar-refractivity contribution in [1.82, 2.24) is 25.2 Å². The zero-order valence-corrected chi connectivity index (χ0v) is 13.3. The maximum absolute atomic E-state index is 13.8. The molecular weight excluding hydrogens is 325 g/mol. The van der Waals surface area contributed by atoms with Crippen LogP contribution in [0.4, 0.5) is 4.39 Å². The Morgan fingerprint density at radius 3 is 2.62 bits per heavy atom. The number of benzene rings is 2. The molecule has 5 nitrogen and oxygen atoms in total. The molecule has 2 aromatic carbocycles. The number of thiazole rings is 1. The molecule has 0 radical (unpaired) electrons. The van der Waals surface area contributed by atoms with E-state index in [0.29, 0.717) is 22.9 Å². The Hall–Kier alpha value is -2.93. The molecule has 0 N–H and O–H groups in total. The molecule has 0 atom stereocenters. The van der Waals surface area contributed by atoms with Crippen molar-refractivity contribution in [2.75, 3.05) is 0 Å². The van der Waals surface area contributed by atoms with Crippen molar-refractivity contribution in [3.63, 3.8) is 0 Å². The zero-order valence-electron chi connectivity index (χ0n) is 12.5. The second-order valence-electron chi connectivity index (χ2n) is 5.13. The Morgan fingerprint density at radius 1 is 1.00 bits per heavy atom. The van der Waals surface area contributed by atoms with Gasteiger partial charge in [-0.25, -0.2) is 9.37 Å². The Bertz CT molecular complexity index is 964. The normalized spacial score (nSPS) is 10.9. The van der Waals surface area contributed by atoms with Crippen LogP contribution < -0.4 is 0 Å². The van der Waals surface area contributed by atoms with Gasteiger partial charge in [0, 0.05) is 16.5 Å². The lowest BCUT2D eigenvalue weighted by molar-refractivity contribution is 0.566. The molecule has 0 aliphatic rings. The lowest BCUT2D eigenvalue weighted by Gasteiger charge is -1.97. The first-order chi connectivity index (χ1) is 11.8. The molecular formula is C17H12FN5S. The van der Waals surface area contributed by atoms with E-state index < -0.39 is 0 Å². The van der Waals surface area contributed by atoms with E-state index in [4.69, 9.17) is 0 Å². The minimum Gasteiger partial charge on any atom is -0.239 e. The van der Waals surface area contributed by atoms with Gasteiger partial charge in [-0.15, -0.1) is 21.5 Å². The van der Waals surface area contributed by atoms with Gasteiger partial charge in [0.25, 0.3) is 0 Å². The molecule has 4 rings (SSSR count). The molecule has 0 spiro atoms. The summed E-state index contributed by atoms with van der Waals surface area (Å²) >= 11 is 1.40. The van der Waals surface area contributed by atoms with Crippen LogP contribution in [0.15, 0.2) is 60.0 Å². The Labute approximate surface area is 141 Å². The molecule has 0 fully saturated rings. The van der Waals surface area contributed by atoms with Gasteiger partial charge in [0.2, 0.25) is 5.82 Å². The van der Waals surface area contributed by atoms with Gasteiger partial charge in [0.1, 0.15) is 17.4 Å². The third-order valence-electron chi connectivity index (χ3n) is 3.44. The maximum atomic E-state index is 13.8. The lowest BCUT2D eigenvalue weighted by Crippen LogP contribution is -2.04. The van der Waals surface area contributed by atoms with Crippen LogP contribution in [0.1, 0.15) is 5.69 Å². The highest BCUT2D eigenvalue weighted by Crippen LogP contribution is 2.26. The van der Waals surface area contributed by atoms with Crippen molar-refractivity contribution in [2.24, 2.45) is 0 Å². The largest absolute Gasteiger partial charge is 0.239 e. The predicted molar refractivity (Wildman–Crippen MR) is 89.9 cm³/mol. The molecule has 7 heteroatoms. The molecule has 4 aromatic rings. The fraction of sp³-hybridized carbons (Fsp3) is 0.0588. The lowest BCUT2D eigenvalue weighted by atomic mass is 10.2. The zero-order chi connectivity index (χ0) is 16.4. The van der Waals surface area contributed by atoms with Crippen LogP contribution in [0.3, 0.4) is 0 Å². The minimum atomic E-state index is -0.274. The van der Waals surface area contributed by atoms with E-state index in [9.17, 15) is 4.39 Å². The summed E-state index contributed by atoms with van der Waals surface area (Å²) in [7, 11) is 0. The van der Waals surface area contributed by atoms with Gasteiger partial charge in [0.05, 0.1) is 5.69 Å². The molecule has 0 aliphatic carbocycles. The van der Waals surface area contributed by atoms with Crippen LogP contribution >= 0.6 is 11.3 Å². The highest BCUT2D eigenvalue weighted by molar-refractivity contribution is 7.13. The number of hydrogen-bond donors (Lipinski definition) is 0.